The van der Waals surface area contributed by atoms with E-state index in [9.17, 15) is 4.79 Å². The van der Waals surface area contributed by atoms with Crippen molar-refractivity contribution in [3.63, 3.8) is 0 Å². The molecule has 0 aromatic rings. The molecule has 1 fully saturated rings. The molecule has 12 heavy (non-hydrogen) atoms. The lowest BCUT2D eigenvalue weighted by molar-refractivity contribution is -0.121. The van der Waals surface area contributed by atoms with Gasteiger partial charge in [0.2, 0.25) is 5.91 Å². The fraction of sp³-hybridized carbons (Fsp3) is 0.889. The zero-order valence-corrected chi connectivity index (χ0v) is 8.60. The van der Waals surface area contributed by atoms with E-state index in [1.54, 1.807) is 6.92 Å². The summed E-state index contributed by atoms with van der Waals surface area (Å²) in [6.07, 6.45) is 3.62. The Bertz CT molecular complexity index is 170. The minimum Gasteiger partial charge on any atom is -0.352 e. The van der Waals surface area contributed by atoms with E-state index in [1.807, 2.05) is 0 Å². The van der Waals surface area contributed by atoms with Crippen molar-refractivity contribution in [2.75, 3.05) is 0 Å². The number of carbonyl (C=O) groups is 1. The summed E-state index contributed by atoms with van der Waals surface area (Å²) < 4.78 is 0. The first-order valence-corrected chi connectivity index (χ1v) is 5.11. The molecule has 0 heterocycles. The molecule has 1 rings (SSSR count). The smallest absolute Gasteiger partial charge is 0.232 e. The number of hydrogen-bond acceptors (Lipinski definition) is 2. The highest BCUT2D eigenvalue weighted by molar-refractivity contribution is 7.81. The normalized spacial score (nSPS) is 31.6. The van der Waals surface area contributed by atoms with Crippen molar-refractivity contribution in [2.45, 2.75) is 44.4 Å². The van der Waals surface area contributed by atoms with Gasteiger partial charge in [-0.15, -0.1) is 0 Å². The van der Waals surface area contributed by atoms with Crippen LogP contribution in [0.4, 0.5) is 0 Å². The van der Waals surface area contributed by atoms with Crippen LogP contribution in [0.15, 0.2) is 0 Å². The third-order valence-electron chi connectivity index (χ3n) is 2.57. The summed E-state index contributed by atoms with van der Waals surface area (Å²) in [4.78, 5) is 11.3. The molecule has 0 saturated heterocycles. The topological polar surface area (TPSA) is 29.1 Å². The average Bonchev–Trinajstić information content (AvgIpc) is 2.36. The van der Waals surface area contributed by atoms with Crippen molar-refractivity contribution in [3.8, 4) is 0 Å². The number of hydrogen-bond donors (Lipinski definition) is 2. The Balaban J connectivity index is 2.35. The predicted molar refractivity (Wildman–Crippen MR) is 53.4 cm³/mol. The van der Waals surface area contributed by atoms with Crippen molar-refractivity contribution >= 4 is 18.5 Å². The first-order chi connectivity index (χ1) is 5.61. The molecule has 0 aromatic heterocycles. The molecule has 70 valence electrons. The lowest BCUT2D eigenvalue weighted by atomic mass is 10.1. The highest BCUT2D eigenvalue weighted by atomic mass is 32.1. The molecule has 3 atom stereocenters. The minimum absolute atomic E-state index is 0.0667. The van der Waals surface area contributed by atoms with Gasteiger partial charge in [0.05, 0.1) is 5.25 Å². The fourth-order valence-corrected chi connectivity index (χ4v) is 1.74. The maximum absolute atomic E-state index is 11.3. The summed E-state index contributed by atoms with van der Waals surface area (Å²) in [5, 5.41) is 2.83. The fourth-order valence-electron chi connectivity index (χ4n) is 1.66. The van der Waals surface area contributed by atoms with Crippen LogP contribution in [-0.2, 0) is 4.79 Å². The van der Waals surface area contributed by atoms with Gasteiger partial charge in [-0.1, -0.05) is 13.3 Å². The van der Waals surface area contributed by atoms with Crippen LogP contribution >= 0.6 is 12.6 Å². The van der Waals surface area contributed by atoms with Crippen LogP contribution in [0.2, 0.25) is 0 Å². The second-order valence-corrected chi connectivity index (χ2v) is 4.47. The van der Waals surface area contributed by atoms with E-state index < -0.39 is 0 Å². The van der Waals surface area contributed by atoms with E-state index in [1.165, 1.54) is 12.8 Å². The Kier molecular flexibility index (Phi) is 3.44. The van der Waals surface area contributed by atoms with Crippen LogP contribution in [0.25, 0.3) is 0 Å². The zero-order chi connectivity index (χ0) is 9.14. The minimum atomic E-state index is -0.183. The molecular formula is C9H17NOS. The van der Waals surface area contributed by atoms with Gasteiger partial charge >= 0.3 is 0 Å². The number of nitrogens with one attached hydrogen (secondary N) is 1. The van der Waals surface area contributed by atoms with Gasteiger partial charge in [-0.3, -0.25) is 4.79 Å². The monoisotopic (exact) mass is 187 g/mol. The van der Waals surface area contributed by atoms with E-state index in [4.69, 9.17) is 0 Å². The molecule has 3 unspecified atom stereocenters. The van der Waals surface area contributed by atoms with Crippen LogP contribution in [0, 0.1) is 5.92 Å². The number of amides is 1. The summed E-state index contributed by atoms with van der Waals surface area (Å²) in [7, 11) is 0. The molecule has 1 N–H and O–H groups in total. The molecule has 0 aliphatic heterocycles. The first-order valence-electron chi connectivity index (χ1n) is 4.59. The SMILES string of the molecule is CC(S)C(=O)NC1CCCC1C. The maximum atomic E-state index is 11.3. The Hall–Kier alpha value is -0.180. The van der Waals surface area contributed by atoms with Gasteiger partial charge in [0.25, 0.3) is 0 Å². The van der Waals surface area contributed by atoms with Crippen molar-refractivity contribution in [2.24, 2.45) is 5.92 Å². The van der Waals surface area contributed by atoms with Crippen LogP contribution in [0.1, 0.15) is 33.1 Å². The molecule has 0 bridgehead atoms. The molecule has 3 heteroatoms. The van der Waals surface area contributed by atoms with Crippen molar-refractivity contribution in [1.82, 2.24) is 5.32 Å². The van der Waals surface area contributed by atoms with Crippen LogP contribution in [-0.4, -0.2) is 17.2 Å². The van der Waals surface area contributed by atoms with Gasteiger partial charge in [-0.2, -0.15) is 12.6 Å². The van der Waals surface area contributed by atoms with Crippen molar-refractivity contribution < 1.29 is 4.79 Å². The van der Waals surface area contributed by atoms with Crippen LogP contribution in [0.3, 0.4) is 0 Å². The molecular weight excluding hydrogens is 170 g/mol. The van der Waals surface area contributed by atoms with Crippen LogP contribution < -0.4 is 5.32 Å². The zero-order valence-electron chi connectivity index (χ0n) is 7.71. The molecule has 1 aliphatic rings. The maximum Gasteiger partial charge on any atom is 0.232 e. The number of carbonyl (C=O) groups excluding carboxylic acids is 1. The van der Waals surface area contributed by atoms with E-state index in [2.05, 4.69) is 24.9 Å². The van der Waals surface area contributed by atoms with Gasteiger partial charge in [0, 0.05) is 6.04 Å². The van der Waals surface area contributed by atoms with E-state index in [0.717, 1.165) is 6.42 Å². The summed E-state index contributed by atoms with van der Waals surface area (Å²) in [6, 6.07) is 0.395. The Morgan fingerprint density at radius 3 is 2.67 bits per heavy atom. The van der Waals surface area contributed by atoms with Crippen molar-refractivity contribution in [3.05, 3.63) is 0 Å². The standard InChI is InChI=1S/C9H17NOS/c1-6-4-3-5-8(6)10-9(11)7(2)12/h6-8,12H,3-5H2,1-2H3,(H,10,11). The molecule has 0 spiro atoms. The third-order valence-corrected chi connectivity index (χ3v) is 2.80. The lowest BCUT2D eigenvalue weighted by Gasteiger charge is -2.18. The lowest BCUT2D eigenvalue weighted by Crippen LogP contribution is -2.39. The van der Waals surface area contributed by atoms with E-state index >= 15 is 0 Å². The average molecular weight is 187 g/mol. The Morgan fingerprint density at radius 2 is 2.25 bits per heavy atom. The molecule has 1 amide bonds. The third kappa shape index (κ3) is 2.41. The quantitative estimate of drug-likeness (QED) is 0.632. The molecule has 1 saturated carbocycles. The second kappa shape index (κ2) is 4.17. The van der Waals surface area contributed by atoms with Crippen LogP contribution in [0.5, 0.6) is 0 Å². The predicted octanol–water partition coefficient (Wildman–Crippen LogP) is 1.61. The van der Waals surface area contributed by atoms with Crippen molar-refractivity contribution in [1.29, 1.82) is 0 Å². The second-order valence-electron chi connectivity index (χ2n) is 3.70. The van der Waals surface area contributed by atoms with Gasteiger partial charge < -0.3 is 5.32 Å². The molecule has 2 nitrogen and oxygen atoms in total. The molecule has 0 radical (unpaired) electrons. The number of thiol groups is 1. The number of rotatable bonds is 2. The largest absolute Gasteiger partial charge is 0.352 e. The van der Waals surface area contributed by atoms with Gasteiger partial charge in [0.15, 0.2) is 0 Å². The molecule has 1 aliphatic carbocycles. The van der Waals surface area contributed by atoms with Gasteiger partial charge in [0.1, 0.15) is 0 Å². The van der Waals surface area contributed by atoms with Gasteiger partial charge in [-0.05, 0) is 25.7 Å². The molecule has 0 aromatic carbocycles. The van der Waals surface area contributed by atoms with E-state index in [-0.39, 0.29) is 11.2 Å². The summed E-state index contributed by atoms with van der Waals surface area (Å²) >= 11 is 4.08. The highest BCUT2D eigenvalue weighted by Gasteiger charge is 2.25. The van der Waals surface area contributed by atoms with Gasteiger partial charge in [-0.25, -0.2) is 0 Å². The Labute approximate surface area is 79.5 Å². The first kappa shape index (κ1) is 9.90. The summed E-state index contributed by atoms with van der Waals surface area (Å²) in [6.45, 7) is 4.00. The highest BCUT2D eigenvalue weighted by Crippen LogP contribution is 2.24. The Morgan fingerprint density at radius 1 is 1.58 bits per heavy atom. The summed E-state index contributed by atoms with van der Waals surface area (Å²) in [5.41, 5.74) is 0. The summed E-state index contributed by atoms with van der Waals surface area (Å²) in [5.74, 6) is 0.707. The van der Waals surface area contributed by atoms with E-state index in [0.29, 0.717) is 12.0 Å².